The average molecular weight is 266 g/mol. The first-order chi connectivity index (χ1) is 9.28. The van der Waals surface area contributed by atoms with Gasteiger partial charge in [-0.1, -0.05) is 11.6 Å². The van der Waals surface area contributed by atoms with E-state index < -0.39 is 0 Å². The van der Waals surface area contributed by atoms with Gasteiger partial charge in [-0.05, 0) is 36.4 Å². The van der Waals surface area contributed by atoms with Crippen molar-refractivity contribution in [3.63, 3.8) is 0 Å². The number of fused-ring (bicyclic) bond motifs is 1. The Labute approximate surface area is 115 Å². The number of pyridine rings is 2. The molecular weight excluding hydrogens is 258 g/mol. The normalized spacial score (nSPS) is 10.3. The smallest absolute Gasteiger partial charge is 0.0999 e. The van der Waals surface area contributed by atoms with E-state index in [0.717, 1.165) is 22.2 Å². The zero-order valence-electron chi connectivity index (χ0n) is 9.84. The molecule has 0 atom stereocenters. The zero-order chi connectivity index (χ0) is 13.2. The number of hydrogen-bond acceptors (Lipinski definition) is 3. The molecule has 0 amide bonds. The van der Waals surface area contributed by atoms with E-state index in [4.69, 9.17) is 11.6 Å². The molecule has 0 saturated carbocycles. The van der Waals surface area contributed by atoms with Crippen LogP contribution in [0.1, 0.15) is 5.56 Å². The van der Waals surface area contributed by atoms with Gasteiger partial charge < -0.3 is 0 Å². The lowest BCUT2D eigenvalue weighted by Gasteiger charge is -2.05. The molecule has 0 bridgehead atoms. The van der Waals surface area contributed by atoms with Crippen LogP contribution in [0.2, 0.25) is 5.02 Å². The lowest BCUT2D eigenvalue weighted by atomic mass is 10.1. The van der Waals surface area contributed by atoms with E-state index in [2.05, 4.69) is 16.0 Å². The van der Waals surface area contributed by atoms with Crippen molar-refractivity contribution in [2.24, 2.45) is 0 Å². The number of nitriles is 1. The van der Waals surface area contributed by atoms with Crippen molar-refractivity contribution in [2.45, 2.75) is 0 Å². The standard InChI is InChI=1S/C15H8ClN3/c16-12-3-4-14-13(7-12)11(8-17)6-15(19-14)10-2-1-5-18-9-10/h1-7,9H. The van der Waals surface area contributed by atoms with E-state index in [0.29, 0.717) is 10.6 Å². The Hall–Kier alpha value is -2.44. The van der Waals surface area contributed by atoms with E-state index in [1.165, 1.54) is 0 Å². The third kappa shape index (κ3) is 2.14. The molecule has 0 aliphatic heterocycles. The summed E-state index contributed by atoms with van der Waals surface area (Å²) in [6.07, 6.45) is 3.43. The molecule has 1 aromatic carbocycles. The van der Waals surface area contributed by atoms with E-state index in [1.54, 1.807) is 30.6 Å². The Kier molecular flexibility index (Phi) is 2.86. The molecule has 0 saturated heterocycles. The summed E-state index contributed by atoms with van der Waals surface area (Å²) in [5.41, 5.74) is 2.93. The van der Waals surface area contributed by atoms with Gasteiger partial charge in [0.25, 0.3) is 0 Å². The number of halogens is 1. The maximum Gasteiger partial charge on any atom is 0.0999 e. The molecule has 0 spiro atoms. The minimum absolute atomic E-state index is 0.561. The largest absolute Gasteiger partial charge is 0.264 e. The highest BCUT2D eigenvalue weighted by Gasteiger charge is 2.07. The second-order valence-electron chi connectivity index (χ2n) is 4.07. The number of nitrogens with zero attached hydrogens (tertiary/aromatic N) is 3. The van der Waals surface area contributed by atoms with Crippen molar-refractivity contribution >= 4 is 22.5 Å². The molecule has 4 heteroatoms. The lowest BCUT2D eigenvalue weighted by Crippen LogP contribution is -1.90. The van der Waals surface area contributed by atoms with Gasteiger partial charge in [0.1, 0.15) is 0 Å². The Morgan fingerprint density at radius 1 is 1.16 bits per heavy atom. The van der Waals surface area contributed by atoms with Crippen LogP contribution in [0.5, 0.6) is 0 Å². The van der Waals surface area contributed by atoms with Crippen LogP contribution in [0.3, 0.4) is 0 Å². The van der Waals surface area contributed by atoms with Gasteiger partial charge in [-0.25, -0.2) is 4.98 Å². The van der Waals surface area contributed by atoms with E-state index in [9.17, 15) is 5.26 Å². The Morgan fingerprint density at radius 2 is 2.05 bits per heavy atom. The van der Waals surface area contributed by atoms with Crippen molar-refractivity contribution in [3.05, 3.63) is 59.4 Å². The molecule has 0 fully saturated rings. The van der Waals surface area contributed by atoms with Crippen molar-refractivity contribution in [1.29, 1.82) is 5.26 Å². The summed E-state index contributed by atoms with van der Waals surface area (Å²) in [6.45, 7) is 0. The molecule has 0 aliphatic rings. The molecule has 3 rings (SSSR count). The number of benzene rings is 1. The molecule has 0 radical (unpaired) electrons. The van der Waals surface area contributed by atoms with Gasteiger partial charge in [-0.2, -0.15) is 5.26 Å². The highest BCUT2D eigenvalue weighted by atomic mass is 35.5. The molecule has 0 aliphatic carbocycles. The number of hydrogen-bond donors (Lipinski definition) is 0. The summed E-state index contributed by atoms with van der Waals surface area (Å²) in [5.74, 6) is 0. The molecule has 19 heavy (non-hydrogen) atoms. The third-order valence-electron chi connectivity index (χ3n) is 2.85. The summed E-state index contributed by atoms with van der Waals surface area (Å²) < 4.78 is 0. The van der Waals surface area contributed by atoms with Gasteiger partial charge in [0, 0.05) is 28.4 Å². The monoisotopic (exact) mass is 265 g/mol. The SMILES string of the molecule is N#Cc1cc(-c2cccnc2)nc2ccc(Cl)cc12. The minimum Gasteiger partial charge on any atom is -0.264 e. The summed E-state index contributed by atoms with van der Waals surface area (Å²) in [7, 11) is 0. The van der Waals surface area contributed by atoms with E-state index in [-0.39, 0.29) is 0 Å². The summed E-state index contributed by atoms with van der Waals surface area (Å²) >= 11 is 5.96. The first-order valence-electron chi connectivity index (χ1n) is 5.69. The fourth-order valence-corrected chi connectivity index (χ4v) is 2.12. The average Bonchev–Trinajstić information content (AvgIpc) is 2.47. The molecule has 3 aromatic rings. The van der Waals surface area contributed by atoms with Crippen molar-refractivity contribution in [2.75, 3.05) is 0 Å². The van der Waals surface area contributed by atoms with Crippen LogP contribution in [0.4, 0.5) is 0 Å². The lowest BCUT2D eigenvalue weighted by molar-refractivity contribution is 1.30. The Balaban J connectivity index is 2.30. The zero-order valence-corrected chi connectivity index (χ0v) is 10.6. The maximum absolute atomic E-state index is 9.26. The summed E-state index contributed by atoms with van der Waals surface area (Å²) in [5, 5.41) is 10.6. The van der Waals surface area contributed by atoms with Crippen molar-refractivity contribution < 1.29 is 0 Å². The van der Waals surface area contributed by atoms with Crippen molar-refractivity contribution in [1.82, 2.24) is 9.97 Å². The fourth-order valence-electron chi connectivity index (χ4n) is 1.95. The van der Waals surface area contributed by atoms with Gasteiger partial charge in [0.15, 0.2) is 0 Å². The molecule has 2 heterocycles. The second kappa shape index (κ2) is 4.68. The highest BCUT2D eigenvalue weighted by Crippen LogP contribution is 2.26. The molecule has 0 N–H and O–H groups in total. The predicted molar refractivity (Wildman–Crippen MR) is 74.7 cm³/mol. The van der Waals surface area contributed by atoms with Gasteiger partial charge in [0.2, 0.25) is 0 Å². The quantitative estimate of drug-likeness (QED) is 0.672. The van der Waals surface area contributed by atoms with Crippen LogP contribution >= 0.6 is 11.6 Å². The van der Waals surface area contributed by atoms with E-state index >= 15 is 0 Å². The Bertz CT molecular complexity index is 792. The van der Waals surface area contributed by atoms with Crippen LogP contribution < -0.4 is 0 Å². The second-order valence-corrected chi connectivity index (χ2v) is 4.51. The van der Waals surface area contributed by atoms with Crippen LogP contribution in [0.15, 0.2) is 48.8 Å². The number of aromatic nitrogens is 2. The van der Waals surface area contributed by atoms with Crippen molar-refractivity contribution in [3.8, 4) is 17.3 Å². The first kappa shape index (κ1) is 11.6. The topological polar surface area (TPSA) is 49.6 Å². The van der Waals surface area contributed by atoms with Crippen LogP contribution in [-0.4, -0.2) is 9.97 Å². The third-order valence-corrected chi connectivity index (χ3v) is 3.08. The highest BCUT2D eigenvalue weighted by molar-refractivity contribution is 6.31. The Morgan fingerprint density at radius 3 is 2.79 bits per heavy atom. The fraction of sp³-hybridized carbons (Fsp3) is 0. The molecular formula is C15H8ClN3. The van der Waals surface area contributed by atoms with Crippen LogP contribution in [0.25, 0.3) is 22.2 Å². The molecule has 2 aromatic heterocycles. The van der Waals surface area contributed by atoms with Crippen LogP contribution in [-0.2, 0) is 0 Å². The number of rotatable bonds is 1. The van der Waals surface area contributed by atoms with Gasteiger partial charge in [0.05, 0.1) is 22.8 Å². The first-order valence-corrected chi connectivity index (χ1v) is 6.06. The summed E-state index contributed by atoms with van der Waals surface area (Å²) in [4.78, 5) is 8.61. The minimum atomic E-state index is 0.561. The van der Waals surface area contributed by atoms with Gasteiger partial charge >= 0.3 is 0 Å². The molecule has 90 valence electrons. The summed E-state index contributed by atoms with van der Waals surface area (Å²) in [6, 6.07) is 13.1. The molecule has 3 nitrogen and oxygen atoms in total. The predicted octanol–water partition coefficient (Wildman–Crippen LogP) is 3.82. The van der Waals surface area contributed by atoms with Gasteiger partial charge in [-0.15, -0.1) is 0 Å². The maximum atomic E-state index is 9.26. The van der Waals surface area contributed by atoms with Crippen LogP contribution in [0, 0.1) is 11.3 Å². The van der Waals surface area contributed by atoms with E-state index in [1.807, 2.05) is 18.2 Å². The molecule has 0 unspecified atom stereocenters. The van der Waals surface area contributed by atoms with Gasteiger partial charge in [-0.3, -0.25) is 4.98 Å².